The third-order valence-electron chi connectivity index (χ3n) is 12.5. The highest BCUT2D eigenvalue weighted by Crippen LogP contribution is 2.64. The molecule has 3 fully saturated rings. The molecule has 15 heteroatoms. The molecule has 306 valence electrons. The molecule has 2 bridgehead atoms. The molecule has 4 N–H and O–H groups in total. The van der Waals surface area contributed by atoms with Crippen molar-refractivity contribution in [3.63, 3.8) is 0 Å². The van der Waals surface area contributed by atoms with Crippen LogP contribution in [-0.4, -0.2) is 105 Å². The summed E-state index contributed by atoms with van der Waals surface area (Å²) >= 11 is 0. The van der Waals surface area contributed by atoms with Crippen LogP contribution in [0, 0.1) is 16.7 Å². The highest BCUT2D eigenvalue weighted by atomic mass is 16.6. The van der Waals surface area contributed by atoms with E-state index in [-0.39, 0.29) is 29.7 Å². The zero-order chi connectivity index (χ0) is 41.8. The van der Waals surface area contributed by atoms with Crippen LogP contribution >= 0.6 is 0 Å². The van der Waals surface area contributed by atoms with Crippen LogP contribution < -0.4 is 5.32 Å². The van der Waals surface area contributed by atoms with E-state index in [9.17, 15) is 39.3 Å². The van der Waals surface area contributed by atoms with Crippen molar-refractivity contribution in [3.05, 3.63) is 82.9 Å². The lowest BCUT2D eigenvalue weighted by molar-refractivity contribution is -0.346. The molecule has 2 aromatic rings. The number of carbonyl (C=O) groups is 6. The molecular formula is C42H49NO14. The Labute approximate surface area is 329 Å². The molecule has 2 aromatic carbocycles. The Hall–Kier alpha value is -4.96. The molecule has 1 aliphatic heterocycles. The first-order valence-corrected chi connectivity index (χ1v) is 18.8. The van der Waals surface area contributed by atoms with Crippen LogP contribution in [0.25, 0.3) is 0 Å². The minimum Gasteiger partial charge on any atom is -0.456 e. The fourth-order valence-corrected chi connectivity index (χ4v) is 9.59. The highest BCUT2D eigenvalue weighted by Gasteiger charge is 2.78. The molecule has 11 atom stereocenters. The minimum absolute atomic E-state index is 0.00589. The number of rotatable bonds is 9. The molecule has 0 radical (unpaired) electrons. The van der Waals surface area contributed by atoms with E-state index < -0.39 is 113 Å². The number of hydrogen-bond acceptors (Lipinski definition) is 14. The van der Waals surface area contributed by atoms with E-state index >= 15 is 4.79 Å². The summed E-state index contributed by atoms with van der Waals surface area (Å²) in [6.45, 7) is 9.19. The summed E-state index contributed by atoms with van der Waals surface area (Å²) in [7, 11) is 0. The molecule has 1 heterocycles. The van der Waals surface area contributed by atoms with Gasteiger partial charge in [-0.25, -0.2) is 9.59 Å². The molecule has 1 saturated heterocycles. The predicted molar refractivity (Wildman–Crippen MR) is 198 cm³/mol. The van der Waals surface area contributed by atoms with Gasteiger partial charge in [0.1, 0.15) is 23.9 Å². The number of aliphatic hydroxyl groups is 3. The molecule has 4 aliphatic rings. The molecule has 6 rings (SSSR count). The number of carbonyl (C=O) groups excluding carboxylic acids is 6. The van der Waals surface area contributed by atoms with E-state index in [4.69, 9.17) is 23.7 Å². The number of esters is 4. The summed E-state index contributed by atoms with van der Waals surface area (Å²) < 4.78 is 30.0. The molecule has 0 aromatic heterocycles. The van der Waals surface area contributed by atoms with E-state index in [1.54, 1.807) is 62.4 Å². The standard InChI is InChI=1S/C42H49NO14/c1-21-27(55-38(51)32(48)31(43-22(2)44)25-14-10-8-11-15-25)19-42(52)36(56-37(50)26-16-12-9-13-17-26)34-40(7,28(47)18-29-41(34,20-53-29)57-24(4)46)35(49)33(54-23(3)45)30(21)39(42,5)6/h8-17,27-29,31-34,36,47-48,52H,18-20H2,1-7H3,(H,43,44). The number of ketones is 1. The molecule has 57 heavy (non-hydrogen) atoms. The van der Waals surface area contributed by atoms with Crippen LogP contribution in [0.1, 0.15) is 83.3 Å². The van der Waals surface area contributed by atoms with Crippen molar-refractivity contribution in [1.82, 2.24) is 5.32 Å². The maximum absolute atomic E-state index is 15.4. The quantitative estimate of drug-likeness (QED) is 0.163. The van der Waals surface area contributed by atoms with Crippen molar-refractivity contribution in [2.75, 3.05) is 6.61 Å². The zero-order valence-electron chi connectivity index (χ0n) is 32.8. The molecule has 3 aliphatic carbocycles. The molecule has 15 nitrogen and oxygen atoms in total. The second-order valence-electron chi connectivity index (χ2n) is 16.2. The Morgan fingerprint density at radius 2 is 1.51 bits per heavy atom. The van der Waals surface area contributed by atoms with Gasteiger partial charge < -0.3 is 44.3 Å². The van der Waals surface area contributed by atoms with Crippen LogP contribution in [0.3, 0.4) is 0 Å². The van der Waals surface area contributed by atoms with Gasteiger partial charge in [-0.05, 0) is 42.7 Å². The fraction of sp³-hybridized carbons (Fsp3) is 0.524. The van der Waals surface area contributed by atoms with Crippen molar-refractivity contribution in [2.24, 2.45) is 16.7 Å². The predicted octanol–water partition coefficient (Wildman–Crippen LogP) is 2.44. The van der Waals surface area contributed by atoms with Gasteiger partial charge in [0.2, 0.25) is 5.91 Å². The van der Waals surface area contributed by atoms with Crippen LogP contribution in [0.4, 0.5) is 0 Å². The SMILES string of the molecule is CC(=O)NC(c1ccccc1)C(O)C(=O)OC1CC2(O)C(OC(=O)c3ccccc3)C3C4(OC(C)=O)COC4CC(O)C3(C)C(=O)C(OC(C)=O)C(=C1C)C2(C)C. The van der Waals surface area contributed by atoms with Crippen molar-refractivity contribution in [3.8, 4) is 0 Å². The number of ether oxygens (including phenoxy) is 5. The number of hydrogen-bond donors (Lipinski definition) is 4. The molecular weight excluding hydrogens is 742 g/mol. The maximum Gasteiger partial charge on any atom is 0.338 e. The Bertz CT molecular complexity index is 1980. The summed E-state index contributed by atoms with van der Waals surface area (Å²) in [5.41, 5.74) is -7.15. The maximum atomic E-state index is 15.4. The van der Waals surface area contributed by atoms with E-state index in [1.165, 1.54) is 32.9 Å². The Morgan fingerprint density at radius 3 is 2.05 bits per heavy atom. The first kappa shape index (κ1) is 41.7. The third kappa shape index (κ3) is 6.83. The van der Waals surface area contributed by atoms with Gasteiger partial charge in [-0.1, -0.05) is 62.4 Å². The lowest BCUT2D eigenvalue weighted by atomic mass is 9.44. The number of amides is 1. The lowest BCUT2D eigenvalue weighted by Gasteiger charge is -2.67. The van der Waals surface area contributed by atoms with Crippen LogP contribution in [-0.2, 0) is 47.7 Å². The average Bonchev–Trinajstić information content (AvgIpc) is 3.15. The van der Waals surface area contributed by atoms with Gasteiger partial charge in [0.15, 0.2) is 23.6 Å². The molecule has 1 amide bonds. The Morgan fingerprint density at radius 1 is 0.895 bits per heavy atom. The van der Waals surface area contributed by atoms with E-state index in [0.717, 1.165) is 13.8 Å². The lowest BCUT2D eigenvalue weighted by Crippen LogP contribution is -2.82. The molecule has 11 unspecified atom stereocenters. The van der Waals surface area contributed by atoms with Crippen molar-refractivity contribution < 1.29 is 67.8 Å². The zero-order valence-corrected chi connectivity index (χ0v) is 32.8. The number of benzene rings is 2. The third-order valence-corrected chi connectivity index (χ3v) is 12.5. The van der Waals surface area contributed by atoms with Crippen molar-refractivity contribution in [1.29, 1.82) is 0 Å². The summed E-state index contributed by atoms with van der Waals surface area (Å²) in [6, 6.07) is 14.8. The Balaban J connectivity index is 1.57. The normalized spacial score (nSPS) is 33.7. The number of Topliss-reactive ketones (excluding diaryl/α,β-unsaturated/α-hetero) is 1. The second-order valence-corrected chi connectivity index (χ2v) is 16.2. The van der Waals surface area contributed by atoms with Gasteiger partial charge in [0, 0.05) is 39.0 Å². The van der Waals surface area contributed by atoms with Gasteiger partial charge in [-0.15, -0.1) is 0 Å². The largest absolute Gasteiger partial charge is 0.456 e. The summed E-state index contributed by atoms with van der Waals surface area (Å²) in [5, 5.41) is 39.5. The highest BCUT2D eigenvalue weighted by molar-refractivity contribution is 5.95. The van der Waals surface area contributed by atoms with E-state index in [0.29, 0.717) is 5.56 Å². The minimum atomic E-state index is -2.37. The van der Waals surface area contributed by atoms with Gasteiger partial charge in [0.25, 0.3) is 0 Å². The first-order valence-electron chi connectivity index (χ1n) is 18.8. The number of nitrogens with one attached hydrogen (secondary N) is 1. The topological polar surface area (TPSA) is 221 Å². The summed E-state index contributed by atoms with van der Waals surface area (Å²) in [4.78, 5) is 81.5. The first-order chi connectivity index (χ1) is 26.7. The smallest absolute Gasteiger partial charge is 0.338 e. The summed E-state index contributed by atoms with van der Waals surface area (Å²) in [5.74, 6) is -6.74. The van der Waals surface area contributed by atoms with Crippen molar-refractivity contribution >= 4 is 35.6 Å². The van der Waals surface area contributed by atoms with Gasteiger partial charge >= 0.3 is 23.9 Å². The second kappa shape index (κ2) is 15.1. The summed E-state index contributed by atoms with van der Waals surface area (Å²) in [6.07, 6.45) is -10.3. The van der Waals surface area contributed by atoms with E-state index in [1.807, 2.05) is 0 Å². The van der Waals surface area contributed by atoms with Crippen LogP contribution in [0.15, 0.2) is 71.8 Å². The van der Waals surface area contributed by atoms with Gasteiger partial charge in [-0.3, -0.25) is 19.2 Å². The monoisotopic (exact) mass is 791 g/mol. The molecule has 2 saturated carbocycles. The number of aliphatic hydroxyl groups excluding tert-OH is 2. The van der Waals surface area contributed by atoms with Crippen molar-refractivity contribution in [2.45, 2.75) is 115 Å². The number of fused-ring (bicyclic) bond motifs is 5. The molecule has 0 spiro atoms. The fourth-order valence-electron chi connectivity index (χ4n) is 9.59. The van der Waals surface area contributed by atoms with Crippen LogP contribution in [0.2, 0.25) is 0 Å². The average molecular weight is 792 g/mol. The van der Waals surface area contributed by atoms with Gasteiger partial charge in [-0.2, -0.15) is 0 Å². The van der Waals surface area contributed by atoms with Gasteiger partial charge in [0.05, 0.1) is 35.6 Å². The van der Waals surface area contributed by atoms with Crippen LogP contribution in [0.5, 0.6) is 0 Å². The van der Waals surface area contributed by atoms with E-state index in [2.05, 4.69) is 5.32 Å². The Kier molecular flexibility index (Phi) is 11.0.